The standard InChI is InChI=1S/Al.6FH.Li.4H/h;6*1H;;;;;. The number of hydrogen-bond donors (Lipinski definition) is 0. The molecule has 0 spiro atoms. The van der Waals surface area contributed by atoms with Gasteiger partial charge < -0.3 is 0 Å². The van der Waals surface area contributed by atoms with Crippen LogP contribution in [-0.4, -0.2) is 36.2 Å². The van der Waals surface area contributed by atoms with Crippen LogP contribution < -0.4 is 0 Å². The van der Waals surface area contributed by atoms with E-state index in [1.54, 1.807) is 0 Å². The number of halogens is 6. The van der Waals surface area contributed by atoms with Crippen molar-refractivity contribution in [3.8, 4) is 0 Å². The van der Waals surface area contributed by atoms with Crippen molar-refractivity contribution in [1.29, 1.82) is 0 Å². The summed E-state index contributed by atoms with van der Waals surface area (Å²) in [6.07, 6.45) is 0. The molecule has 0 aromatic carbocycles. The Kier molecular flexibility index (Phi) is 88500. The van der Waals surface area contributed by atoms with E-state index in [1.165, 1.54) is 0 Å². The first-order valence-corrected chi connectivity index (χ1v) is 0. The van der Waals surface area contributed by atoms with Crippen molar-refractivity contribution in [3.05, 3.63) is 0 Å². The van der Waals surface area contributed by atoms with Crippen LogP contribution in [0.3, 0.4) is 0 Å². The summed E-state index contributed by atoms with van der Waals surface area (Å²) in [5, 5.41) is 0. The third kappa shape index (κ3) is 434. The van der Waals surface area contributed by atoms with Gasteiger partial charge in [-0.3, -0.25) is 28.2 Å². The van der Waals surface area contributed by atoms with E-state index in [0.717, 1.165) is 0 Å². The second-order valence-electron chi connectivity index (χ2n) is 0. The van der Waals surface area contributed by atoms with Gasteiger partial charge in [-0.1, -0.05) is 0 Å². The van der Waals surface area contributed by atoms with Gasteiger partial charge in [-0.2, -0.15) is 0 Å². The van der Waals surface area contributed by atoms with E-state index in [4.69, 9.17) is 0 Å². The normalized spacial score (nSPS) is 0. The molecular weight excluding hydrogens is 148 g/mol. The van der Waals surface area contributed by atoms with Gasteiger partial charge in [0.15, 0.2) is 17.4 Å². The molecule has 0 aromatic heterocycles. The van der Waals surface area contributed by atoms with Crippen molar-refractivity contribution >= 4 is 36.2 Å². The average molecular weight is 158 g/mol. The molecule has 0 fully saturated rings. The zero-order valence-electron chi connectivity index (χ0n) is 2.45. The summed E-state index contributed by atoms with van der Waals surface area (Å²) in [5.74, 6) is 0. The SMILES string of the molecule is F.F.F.F.F.F.[AlH3].[LiH]. The van der Waals surface area contributed by atoms with Crippen LogP contribution in [0.2, 0.25) is 0 Å². The van der Waals surface area contributed by atoms with Crippen LogP contribution >= 0.6 is 0 Å². The molecule has 0 amide bonds. The summed E-state index contributed by atoms with van der Waals surface area (Å²) in [6.45, 7) is 0. The van der Waals surface area contributed by atoms with E-state index in [1.807, 2.05) is 0 Å². The molecular formula is H10AlF6Li. The Balaban J connectivity index is 0. The molecule has 0 aliphatic rings. The van der Waals surface area contributed by atoms with Crippen LogP contribution in [-0.2, 0) is 0 Å². The molecule has 0 N–H and O–H groups in total. The molecule has 8 heteroatoms. The summed E-state index contributed by atoms with van der Waals surface area (Å²) in [5.41, 5.74) is 0. The first-order valence-electron chi connectivity index (χ1n) is 0. The molecule has 0 saturated heterocycles. The Morgan fingerprint density at radius 1 is 0.375 bits per heavy atom. The molecule has 0 nitrogen and oxygen atoms in total. The molecule has 0 aliphatic carbocycles. The Hall–Kier alpha value is 0.710. The van der Waals surface area contributed by atoms with Gasteiger partial charge in [-0.05, 0) is 0 Å². The minimum absolute atomic E-state index is 0. The van der Waals surface area contributed by atoms with Gasteiger partial charge in [0, 0.05) is 0 Å². The molecule has 0 aliphatic heterocycles. The fraction of sp³-hybridized carbons (Fsp3) is 0. The van der Waals surface area contributed by atoms with Crippen molar-refractivity contribution < 1.29 is 28.2 Å². The molecule has 8 heavy (non-hydrogen) atoms. The van der Waals surface area contributed by atoms with Gasteiger partial charge >= 0.3 is 18.9 Å². The van der Waals surface area contributed by atoms with E-state index in [-0.39, 0.29) is 64.4 Å². The second-order valence-corrected chi connectivity index (χ2v) is 0. The number of rotatable bonds is 0. The molecule has 0 bridgehead atoms. The Labute approximate surface area is 64.9 Å². The molecule has 0 aromatic rings. The van der Waals surface area contributed by atoms with Crippen molar-refractivity contribution in [2.24, 2.45) is 0 Å². The van der Waals surface area contributed by atoms with Crippen molar-refractivity contribution in [3.63, 3.8) is 0 Å². The van der Waals surface area contributed by atoms with Gasteiger partial charge in [0.1, 0.15) is 0 Å². The monoisotopic (exact) mass is 158 g/mol. The maximum absolute atomic E-state index is 0. The van der Waals surface area contributed by atoms with Crippen molar-refractivity contribution in [2.45, 2.75) is 0 Å². The molecule has 0 radical (unpaired) electrons. The van der Waals surface area contributed by atoms with Gasteiger partial charge in [0.25, 0.3) is 0 Å². The van der Waals surface area contributed by atoms with Crippen molar-refractivity contribution in [2.75, 3.05) is 0 Å². The van der Waals surface area contributed by atoms with E-state index < -0.39 is 0 Å². The summed E-state index contributed by atoms with van der Waals surface area (Å²) in [6, 6.07) is 0. The molecule has 0 unspecified atom stereocenters. The van der Waals surface area contributed by atoms with Crippen molar-refractivity contribution in [1.82, 2.24) is 0 Å². The van der Waals surface area contributed by atoms with Crippen LogP contribution in [0, 0.1) is 0 Å². The maximum atomic E-state index is 0. The van der Waals surface area contributed by atoms with E-state index in [2.05, 4.69) is 0 Å². The Morgan fingerprint density at radius 2 is 0.375 bits per heavy atom. The van der Waals surface area contributed by atoms with Crippen LogP contribution in [0.4, 0.5) is 28.2 Å². The Bertz CT molecular complexity index is 8.49. The molecule has 0 saturated carbocycles. The van der Waals surface area contributed by atoms with E-state index >= 15 is 0 Å². The quantitative estimate of drug-likeness (QED) is 0.316. The minimum atomic E-state index is 0. The molecule has 56 valence electrons. The van der Waals surface area contributed by atoms with Gasteiger partial charge in [0.05, 0.1) is 0 Å². The van der Waals surface area contributed by atoms with Gasteiger partial charge in [-0.25, -0.2) is 0 Å². The molecule has 0 rings (SSSR count). The number of hydrogen-bond acceptors (Lipinski definition) is 0. The Morgan fingerprint density at radius 3 is 0.375 bits per heavy atom. The summed E-state index contributed by atoms with van der Waals surface area (Å²) < 4.78 is 0. The van der Waals surface area contributed by atoms with Crippen LogP contribution in [0.25, 0.3) is 0 Å². The predicted octanol–water partition coefficient (Wildman–Crippen LogP) is -0.917. The molecule has 0 heterocycles. The summed E-state index contributed by atoms with van der Waals surface area (Å²) >= 11 is 0. The summed E-state index contributed by atoms with van der Waals surface area (Å²) in [4.78, 5) is 0. The third-order valence-electron chi connectivity index (χ3n) is 0. The van der Waals surface area contributed by atoms with E-state index in [9.17, 15) is 0 Å². The fourth-order valence-electron chi connectivity index (χ4n) is 0. The van der Waals surface area contributed by atoms with Gasteiger partial charge in [-0.15, -0.1) is 0 Å². The third-order valence-corrected chi connectivity index (χ3v) is 0. The molecule has 0 atom stereocenters. The predicted molar refractivity (Wildman–Crippen MR) is 32.1 cm³/mol. The van der Waals surface area contributed by atoms with Crippen LogP contribution in [0.1, 0.15) is 0 Å². The second kappa shape index (κ2) is 689. The van der Waals surface area contributed by atoms with Crippen LogP contribution in [0.5, 0.6) is 0 Å². The topological polar surface area (TPSA) is 0 Å². The summed E-state index contributed by atoms with van der Waals surface area (Å²) in [7, 11) is 0. The van der Waals surface area contributed by atoms with Gasteiger partial charge in [0.2, 0.25) is 0 Å². The fourth-order valence-corrected chi connectivity index (χ4v) is 0. The van der Waals surface area contributed by atoms with Crippen LogP contribution in [0.15, 0.2) is 0 Å². The first-order chi connectivity index (χ1) is 0. The zero-order chi connectivity index (χ0) is 0. The zero-order valence-corrected chi connectivity index (χ0v) is 2.45. The van der Waals surface area contributed by atoms with E-state index in [0.29, 0.717) is 0 Å². The first kappa shape index (κ1) is 1030. The average Bonchev–Trinajstić information content (AvgIpc) is 0.